The summed E-state index contributed by atoms with van der Waals surface area (Å²) in [6.07, 6.45) is 0.955. The highest BCUT2D eigenvalue weighted by atomic mass is 32.2. The van der Waals surface area contributed by atoms with Crippen molar-refractivity contribution in [2.75, 3.05) is 12.3 Å². The van der Waals surface area contributed by atoms with Crippen LogP contribution < -0.4 is 5.32 Å². The molecule has 0 radical (unpaired) electrons. The van der Waals surface area contributed by atoms with Gasteiger partial charge in [0.25, 0.3) is 5.91 Å². The van der Waals surface area contributed by atoms with Crippen molar-refractivity contribution in [3.8, 4) is 11.3 Å². The fraction of sp³-hybridized carbons (Fsp3) is 0.263. The van der Waals surface area contributed by atoms with Gasteiger partial charge in [-0.3, -0.25) is 4.79 Å². The van der Waals surface area contributed by atoms with E-state index in [1.165, 1.54) is 24.5 Å². The highest BCUT2D eigenvalue weighted by Gasteiger charge is 2.16. The molecule has 1 aromatic carbocycles. The van der Waals surface area contributed by atoms with Gasteiger partial charge < -0.3 is 19.4 Å². The van der Waals surface area contributed by atoms with E-state index in [1.54, 1.807) is 31.2 Å². The predicted octanol–water partition coefficient (Wildman–Crippen LogP) is 2.58. The predicted molar refractivity (Wildman–Crippen MR) is 100 cm³/mol. The number of aromatic nitrogens is 1. The van der Waals surface area contributed by atoms with E-state index in [-0.39, 0.29) is 29.3 Å². The van der Waals surface area contributed by atoms with Crippen LogP contribution >= 0.6 is 0 Å². The zero-order valence-corrected chi connectivity index (χ0v) is 16.0. The number of furan rings is 1. The summed E-state index contributed by atoms with van der Waals surface area (Å²) in [6, 6.07) is 11.0. The van der Waals surface area contributed by atoms with E-state index in [4.69, 9.17) is 8.94 Å². The molecule has 2 heterocycles. The molecule has 1 unspecified atom stereocenters. The summed E-state index contributed by atoms with van der Waals surface area (Å²) >= 11 is 0. The van der Waals surface area contributed by atoms with Crippen LogP contribution in [0.2, 0.25) is 0 Å². The zero-order chi connectivity index (χ0) is 20.1. The van der Waals surface area contributed by atoms with E-state index >= 15 is 0 Å². The average molecular weight is 404 g/mol. The van der Waals surface area contributed by atoms with E-state index in [1.807, 2.05) is 0 Å². The fourth-order valence-corrected chi connectivity index (χ4v) is 3.43. The minimum absolute atomic E-state index is 0.0214. The quantitative estimate of drug-likeness (QED) is 0.591. The number of nitrogens with one attached hydrogen (secondary N) is 1. The Kier molecular flexibility index (Phi) is 5.96. The van der Waals surface area contributed by atoms with Crippen molar-refractivity contribution in [2.45, 2.75) is 24.3 Å². The number of benzene rings is 1. The van der Waals surface area contributed by atoms with Crippen LogP contribution in [0.1, 0.15) is 35.7 Å². The second-order valence-corrected chi connectivity index (χ2v) is 8.36. The Hall–Kier alpha value is -2.91. The van der Waals surface area contributed by atoms with Crippen LogP contribution in [-0.2, 0) is 9.84 Å². The Morgan fingerprint density at radius 1 is 1.25 bits per heavy atom. The molecule has 0 spiro atoms. The van der Waals surface area contributed by atoms with Crippen molar-refractivity contribution in [2.24, 2.45) is 0 Å². The van der Waals surface area contributed by atoms with Gasteiger partial charge >= 0.3 is 0 Å². The number of hydrogen-bond acceptors (Lipinski definition) is 7. The standard InChI is InChI=1S/C19H20N2O6S/c1-2-28(24,25)14-7-5-13(6-8-14)18-12-15(21-27-18)19(23)20-10-9-16(22)17-4-3-11-26-17/h3-8,11-12,16,22H,2,9-10H2,1H3,(H,20,23). The van der Waals surface area contributed by atoms with Crippen molar-refractivity contribution < 1.29 is 27.3 Å². The molecule has 0 fully saturated rings. The SMILES string of the molecule is CCS(=O)(=O)c1ccc(-c2cc(C(=O)NCCC(O)c3ccco3)no2)cc1. The highest BCUT2D eigenvalue weighted by Crippen LogP contribution is 2.23. The molecule has 2 N–H and O–H groups in total. The molecule has 3 aromatic rings. The molecule has 0 saturated carbocycles. The third-order valence-corrected chi connectivity index (χ3v) is 5.95. The first kappa shape index (κ1) is 19.8. The Labute approximate surface area is 162 Å². The van der Waals surface area contributed by atoms with Crippen molar-refractivity contribution >= 4 is 15.7 Å². The van der Waals surface area contributed by atoms with E-state index in [9.17, 15) is 18.3 Å². The molecular weight excluding hydrogens is 384 g/mol. The molecule has 0 aliphatic rings. The summed E-state index contributed by atoms with van der Waals surface area (Å²) in [5, 5.41) is 16.3. The van der Waals surface area contributed by atoms with Crippen LogP contribution in [0.25, 0.3) is 11.3 Å². The van der Waals surface area contributed by atoms with Gasteiger partial charge in [0.2, 0.25) is 0 Å². The molecule has 28 heavy (non-hydrogen) atoms. The second kappa shape index (κ2) is 8.41. The highest BCUT2D eigenvalue weighted by molar-refractivity contribution is 7.91. The number of amides is 1. The summed E-state index contributed by atoms with van der Waals surface area (Å²) in [6.45, 7) is 1.81. The van der Waals surface area contributed by atoms with Crippen LogP contribution in [-0.4, -0.2) is 36.9 Å². The van der Waals surface area contributed by atoms with E-state index in [0.29, 0.717) is 17.1 Å². The number of hydrogen-bond donors (Lipinski definition) is 2. The first-order valence-electron chi connectivity index (χ1n) is 8.70. The molecule has 3 rings (SSSR count). The normalized spacial score (nSPS) is 12.6. The Morgan fingerprint density at radius 2 is 2.00 bits per heavy atom. The van der Waals surface area contributed by atoms with Crippen molar-refractivity contribution in [1.29, 1.82) is 0 Å². The van der Waals surface area contributed by atoms with Crippen LogP contribution in [0, 0.1) is 0 Å². The van der Waals surface area contributed by atoms with Crippen LogP contribution in [0.5, 0.6) is 0 Å². The van der Waals surface area contributed by atoms with Gasteiger partial charge in [0.05, 0.1) is 16.9 Å². The molecule has 148 valence electrons. The molecule has 0 aliphatic heterocycles. The van der Waals surface area contributed by atoms with Gasteiger partial charge in [0, 0.05) is 18.2 Å². The lowest BCUT2D eigenvalue weighted by Gasteiger charge is -2.07. The maximum Gasteiger partial charge on any atom is 0.273 e. The Balaban J connectivity index is 1.59. The van der Waals surface area contributed by atoms with Crippen LogP contribution in [0.15, 0.2) is 62.6 Å². The summed E-state index contributed by atoms with van der Waals surface area (Å²) in [5.41, 5.74) is 0.697. The average Bonchev–Trinajstić information content (AvgIpc) is 3.40. The first-order chi connectivity index (χ1) is 13.4. The maximum absolute atomic E-state index is 12.2. The maximum atomic E-state index is 12.2. The molecule has 1 amide bonds. The molecular formula is C19H20N2O6S. The number of carbonyl (C=O) groups is 1. The second-order valence-electron chi connectivity index (χ2n) is 6.08. The minimum Gasteiger partial charge on any atom is -0.467 e. The van der Waals surface area contributed by atoms with Gasteiger partial charge in [0.1, 0.15) is 11.9 Å². The van der Waals surface area contributed by atoms with Crippen LogP contribution in [0.4, 0.5) is 0 Å². The zero-order valence-electron chi connectivity index (χ0n) is 15.2. The third kappa shape index (κ3) is 4.49. The number of nitrogens with zero attached hydrogens (tertiary/aromatic N) is 1. The molecule has 8 nitrogen and oxygen atoms in total. The number of rotatable bonds is 8. The molecule has 0 aliphatic carbocycles. The van der Waals surface area contributed by atoms with Gasteiger partial charge in [-0.1, -0.05) is 12.1 Å². The van der Waals surface area contributed by atoms with E-state index in [2.05, 4.69) is 10.5 Å². The van der Waals surface area contributed by atoms with E-state index in [0.717, 1.165) is 0 Å². The summed E-state index contributed by atoms with van der Waals surface area (Å²) in [5.74, 6) is 0.368. The number of sulfone groups is 1. The summed E-state index contributed by atoms with van der Waals surface area (Å²) < 4.78 is 34.0. The first-order valence-corrected chi connectivity index (χ1v) is 10.4. The topological polar surface area (TPSA) is 123 Å². The number of carbonyl (C=O) groups excluding carboxylic acids is 1. The fourth-order valence-electron chi connectivity index (χ4n) is 2.55. The molecule has 0 saturated heterocycles. The lowest BCUT2D eigenvalue weighted by atomic mass is 10.1. The van der Waals surface area contributed by atoms with Gasteiger partial charge in [0.15, 0.2) is 21.3 Å². The minimum atomic E-state index is -3.28. The number of aliphatic hydroxyl groups is 1. The largest absolute Gasteiger partial charge is 0.467 e. The molecule has 0 bridgehead atoms. The monoisotopic (exact) mass is 404 g/mol. The lowest BCUT2D eigenvalue weighted by Crippen LogP contribution is -2.25. The van der Waals surface area contributed by atoms with Crippen LogP contribution in [0.3, 0.4) is 0 Å². The Morgan fingerprint density at radius 3 is 2.64 bits per heavy atom. The summed E-state index contributed by atoms with van der Waals surface area (Å²) in [7, 11) is -3.28. The lowest BCUT2D eigenvalue weighted by molar-refractivity contribution is 0.0927. The van der Waals surface area contributed by atoms with Gasteiger partial charge in [-0.2, -0.15) is 0 Å². The van der Waals surface area contributed by atoms with Crippen molar-refractivity contribution in [3.63, 3.8) is 0 Å². The van der Waals surface area contributed by atoms with Gasteiger partial charge in [-0.25, -0.2) is 8.42 Å². The Bertz CT molecular complexity index is 1020. The smallest absolute Gasteiger partial charge is 0.273 e. The third-order valence-electron chi connectivity index (χ3n) is 4.20. The molecule has 9 heteroatoms. The molecule has 2 aromatic heterocycles. The van der Waals surface area contributed by atoms with Crippen molar-refractivity contribution in [3.05, 3.63) is 60.2 Å². The summed E-state index contributed by atoms with van der Waals surface area (Å²) in [4.78, 5) is 12.4. The van der Waals surface area contributed by atoms with Gasteiger partial charge in [-0.15, -0.1) is 0 Å². The van der Waals surface area contributed by atoms with E-state index < -0.39 is 21.8 Å². The van der Waals surface area contributed by atoms with Crippen molar-refractivity contribution in [1.82, 2.24) is 10.5 Å². The number of aliphatic hydroxyl groups excluding tert-OH is 1. The van der Waals surface area contributed by atoms with Gasteiger partial charge in [-0.05, 0) is 42.8 Å². The molecule has 1 atom stereocenters.